The molecule has 0 aliphatic heterocycles. The number of nitrogens with zero attached hydrogens (tertiary/aromatic N) is 4. The molecule has 0 spiro atoms. The van der Waals surface area contributed by atoms with Gasteiger partial charge in [0.15, 0.2) is 0 Å². The zero-order valence-electron chi connectivity index (χ0n) is 17.4. The second-order valence-corrected chi connectivity index (χ2v) is 7.26. The van der Waals surface area contributed by atoms with Crippen molar-refractivity contribution in [2.45, 2.75) is 41.5 Å². The molecule has 0 saturated heterocycles. The summed E-state index contributed by atoms with van der Waals surface area (Å²) in [5, 5.41) is 0. The van der Waals surface area contributed by atoms with E-state index in [0.29, 0.717) is 0 Å². The molecule has 28 heavy (non-hydrogen) atoms. The standard InChI is InChI=1S/C24H26N4/c1-15-7-9-21(17(3)11-15)26-19(5)23-13-25-14-24(28-23)20(6)27-22-10-8-16(2)12-18(22)4/h7-14H,1-6H3. The molecule has 1 aromatic heterocycles. The van der Waals surface area contributed by atoms with Gasteiger partial charge in [0.05, 0.1) is 35.2 Å². The van der Waals surface area contributed by atoms with Crippen LogP contribution in [0, 0.1) is 27.7 Å². The second kappa shape index (κ2) is 8.26. The average molecular weight is 371 g/mol. The molecular formula is C24H26N4. The van der Waals surface area contributed by atoms with Crippen LogP contribution >= 0.6 is 0 Å². The molecule has 3 aromatic rings. The van der Waals surface area contributed by atoms with Crippen molar-refractivity contribution in [1.29, 1.82) is 0 Å². The van der Waals surface area contributed by atoms with E-state index in [1.807, 2.05) is 26.0 Å². The lowest BCUT2D eigenvalue weighted by Gasteiger charge is -2.07. The highest BCUT2D eigenvalue weighted by atomic mass is 14.9. The minimum atomic E-state index is 0.757. The van der Waals surface area contributed by atoms with E-state index in [4.69, 9.17) is 15.0 Å². The number of rotatable bonds is 4. The zero-order valence-corrected chi connectivity index (χ0v) is 17.4. The van der Waals surface area contributed by atoms with Crippen molar-refractivity contribution in [1.82, 2.24) is 9.97 Å². The maximum Gasteiger partial charge on any atom is 0.103 e. The molecule has 0 fully saturated rings. The normalized spacial score (nSPS) is 12.4. The molecule has 0 aliphatic rings. The number of aliphatic imine (C=N–C) groups is 2. The molecule has 3 rings (SSSR count). The molecule has 142 valence electrons. The summed E-state index contributed by atoms with van der Waals surface area (Å²) in [6.45, 7) is 12.2. The fraction of sp³-hybridized carbons (Fsp3) is 0.250. The lowest BCUT2D eigenvalue weighted by Crippen LogP contribution is -2.06. The molecule has 0 amide bonds. The third-order valence-corrected chi connectivity index (χ3v) is 4.66. The van der Waals surface area contributed by atoms with E-state index in [1.54, 1.807) is 12.4 Å². The van der Waals surface area contributed by atoms with Crippen molar-refractivity contribution in [2.24, 2.45) is 9.98 Å². The Morgan fingerprint density at radius 3 is 1.50 bits per heavy atom. The third kappa shape index (κ3) is 4.58. The van der Waals surface area contributed by atoms with Gasteiger partial charge >= 0.3 is 0 Å². The van der Waals surface area contributed by atoms with E-state index in [-0.39, 0.29) is 0 Å². The Bertz CT molecular complexity index is 995. The second-order valence-electron chi connectivity index (χ2n) is 7.26. The van der Waals surface area contributed by atoms with Crippen molar-refractivity contribution in [3.63, 3.8) is 0 Å². The van der Waals surface area contributed by atoms with E-state index in [2.05, 4.69) is 56.9 Å². The van der Waals surface area contributed by atoms with Crippen LogP contribution in [0.25, 0.3) is 0 Å². The van der Waals surface area contributed by atoms with Crippen LogP contribution in [0.15, 0.2) is 58.8 Å². The lowest BCUT2D eigenvalue weighted by atomic mass is 10.1. The first-order valence-electron chi connectivity index (χ1n) is 9.41. The monoisotopic (exact) mass is 370 g/mol. The number of hydrogen-bond acceptors (Lipinski definition) is 4. The lowest BCUT2D eigenvalue weighted by molar-refractivity contribution is 1.14. The summed E-state index contributed by atoms with van der Waals surface area (Å²) < 4.78 is 0. The summed E-state index contributed by atoms with van der Waals surface area (Å²) in [7, 11) is 0. The first-order valence-corrected chi connectivity index (χ1v) is 9.41. The van der Waals surface area contributed by atoms with Crippen molar-refractivity contribution in [2.75, 3.05) is 0 Å². The average Bonchev–Trinajstić information content (AvgIpc) is 2.66. The van der Waals surface area contributed by atoms with Crippen molar-refractivity contribution < 1.29 is 0 Å². The molecule has 0 unspecified atom stereocenters. The topological polar surface area (TPSA) is 50.5 Å². The van der Waals surface area contributed by atoms with E-state index >= 15 is 0 Å². The van der Waals surface area contributed by atoms with Gasteiger partial charge in [-0.25, -0.2) is 4.98 Å². The van der Waals surface area contributed by atoms with Crippen LogP contribution in [0.1, 0.15) is 47.5 Å². The molecule has 0 radical (unpaired) electrons. The third-order valence-electron chi connectivity index (χ3n) is 4.66. The van der Waals surface area contributed by atoms with Crippen molar-refractivity contribution in [3.05, 3.63) is 82.4 Å². The Kier molecular flexibility index (Phi) is 5.78. The minimum Gasteiger partial charge on any atom is -0.260 e. The number of aromatic nitrogens is 2. The highest BCUT2D eigenvalue weighted by molar-refractivity contribution is 6.02. The van der Waals surface area contributed by atoms with E-state index in [0.717, 1.165) is 45.3 Å². The van der Waals surface area contributed by atoms with Gasteiger partial charge in [-0.1, -0.05) is 35.4 Å². The summed E-state index contributed by atoms with van der Waals surface area (Å²) in [5.74, 6) is 0. The maximum atomic E-state index is 4.75. The molecular weight excluding hydrogens is 344 g/mol. The van der Waals surface area contributed by atoms with Gasteiger partial charge in [0.2, 0.25) is 0 Å². The Labute approximate surface area is 167 Å². The van der Waals surface area contributed by atoms with Gasteiger partial charge < -0.3 is 0 Å². The van der Waals surface area contributed by atoms with Gasteiger partial charge in [-0.3, -0.25) is 15.0 Å². The van der Waals surface area contributed by atoms with Gasteiger partial charge in [-0.15, -0.1) is 0 Å². The van der Waals surface area contributed by atoms with Crippen LogP contribution in [-0.4, -0.2) is 21.4 Å². The minimum absolute atomic E-state index is 0.757. The Morgan fingerprint density at radius 1 is 0.679 bits per heavy atom. The Morgan fingerprint density at radius 2 is 1.11 bits per heavy atom. The molecule has 0 saturated carbocycles. The number of hydrogen-bond donors (Lipinski definition) is 0. The SMILES string of the molecule is CC(=Nc1ccc(C)cc1C)c1cncc(C(C)=Nc2ccc(C)cc2C)n1. The van der Waals surface area contributed by atoms with Gasteiger partial charge in [0, 0.05) is 0 Å². The van der Waals surface area contributed by atoms with E-state index < -0.39 is 0 Å². The highest BCUT2D eigenvalue weighted by Crippen LogP contribution is 2.22. The molecule has 0 N–H and O–H groups in total. The van der Waals surface area contributed by atoms with Crippen LogP contribution in [0.4, 0.5) is 11.4 Å². The van der Waals surface area contributed by atoms with Gasteiger partial charge in [0.25, 0.3) is 0 Å². The first-order chi connectivity index (χ1) is 13.3. The summed E-state index contributed by atoms with van der Waals surface area (Å²) >= 11 is 0. The highest BCUT2D eigenvalue weighted by Gasteiger charge is 2.07. The van der Waals surface area contributed by atoms with Crippen molar-refractivity contribution in [3.8, 4) is 0 Å². The summed E-state index contributed by atoms with van der Waals surface area (Å²) in [6, 6.07) is 12.5. The fourth-order valence-electron chi connectivity index (χ4n) is 3.05. The number of aryl methyl sites for hydroxylation is 4. The van der Waals surface area contributed by atoms with Gasteiger partial charge in [0.1, 0.15) is 11.4 Å². The Hall–Kier alpha value is -3.14. The van der Waals surface area contributed by atoms with Gasteiger partial charge in [-0.05, 0) is 64.8 Å². The summed E-state index contributed by atoms with van der Waals surface area (Å²) in [6.07, 6.45) is 3.49. The molecule has 2 aromatic carbocycles. The number of benzene rings is 2. The predicted octanol–water partition coefficient (Wildman–Crippen LogP) is 5.99. The van der Waals surface area contributed by atoms with Crippen LogP contribution in [-0.2, 0) is 0 Å². The summed E-state index contributed by atoms with van der Waals surface area (Å²) in [4.78, 5) is 18.6. The van der Waals surface area contributed by atoms with E-state index in [9.17, 15) is 0 Å². The largest absolute Gasteiger partial charge is 0.260 e. The zero-order chi connectivity index (χ0) is 20.3. The molecule has 0 atom stereocenters. The predicted molar refractivity (Wildman–Crippen MR) is 118 cm³/mol. The molecule has 4 heteroatoms. The Balaban J connectivity index is 1.93. The summed E-state index contributed by atoms with van der Waals surface area (Å²) in [5.41, 5.74) is 9.85. The van der Waals surface area contributed by atoms with Crippen LogP contribution in [0.3, 0.4) is 0 Å². The van der Waals surface area contributed by atoms with Crippen LogP contribution < -0.4 is 0 Å². The quantitative estimate of drug-likeness (QED) is 0.530. The van der Waals surface area contributed by atoms with Crippen LogP contribution in [0.5, 0.6) is 0 Å². The van der Waals surface area contributed by atoms with Crippen molar-refractivity contribution >= 4 is 22.8 Å². The molecule has 4 nitrogen and oxygen atoms in total. The van der Waals surface area contributed by atoms with E-state index in [1.165, 1.54) is 11.1 Å². The fourth-order valence-corrected chi connectivity index (χ4v) is 3.05. The maximum absolute atomic E-state index is 4.75. The smallest absolute Gasteiger partial charge is 0.103 e. The van der Waals surface area contributed by atoms with Gasteiger partial charge in [-0.2, -0.15) is 0 Å². The molecule has 0 bridgehead atoms. The van der Waals surface area contributed by atoms with Crippen LogP contribution in [0.2, 0.25) is 0 Å². The molecule has 0 aliphatic carbocycles. The molecule has 1 heterocycles. The first kappa shape index (κ1) is 19.6.